The topological polar surface area (TPSA) is 86.8 Å². The minimum Gasteiger partial charge on any atom is -0.354 e. The molecular weight excluding hydrogens is 545 g/mol. The van der Waals surface area contributed by atoms with Crippen LogP contribution in [0, 0.1) is 5.92 Å². The molecule has 0 unspecified atom stereocenters. The van der Waals surface area contributed by atoms with Gasteiger partial charge >= 0.3 is 0 Å². The Kier molecular flexibility index (Phi) is 12.4. The highest BCUT2D eigenvalue weighted by Gasteiger charge is 2.29. The number of benzene rings is 2. The minimum absolute atomic E-state index is 0.0677. The van der Waals surface area contributed by atoms with Crippen LogP contribution in [0.4, 0.5) is 5.69 Å². The molecular formula is C28H39Cl2N3O4S. The van der Waals surface area contributed by atoms with Crippen LogP contribution in [0.3, 0.4) is 0 Å². The summed E-state index contributed by atoms with van der Waals surface area (Å²) in [4.78, 5) is 28.1. The Labute approximate surface area is 237 Å². The van der Waals surface area contributed by atoms with Crippen LogP contribution in [0.2, 0.25) is 10.0 Å². The number of hydrogen-bond donors (Lipinski definition) is 1. The van der Waals surface area contributed by atoms with Gasteiger partial charge < -0.3 is 10.2 Å². The van der Waals surface area contributed by atoms with Crippen molar-refractivity contribution in [1.82, 2.24) is 10.2 Å². The van der Waals surface area contributed by atoms with E-state index in [9.17, 15) is 18.0 Å². The van der Waals surface area contributed by atoms with Crippen molar-refractivity contribution in [3.05, 3.63) is 63.6 Å². The fourth-order valence-corrected chi connectivity index (χ4v) is 5.51. The highest BCUT2D eigenvalue weighted by molar-refractivity contribution is 7.92. The second-order valence-corrected chi connectivity index (χ2v) is 12.5. The average molecular weight is 585 g/mol. The summed E-state index contributed by atoms with van der Waals surface area (Å²) in [5.41, 5.74) is 2.34. The maximum Gasteiger partial charge on any atom is 0.242 e. The van der Waals surface area contributed by atoms with Crippen LogP contribution in [-0.2, 0) is 32.6 Å². The van der Waals surface area contributed by atoms with Gasteiger partial charge in [0.25, 0.3) is 0 Å². The van der Waals surface area contributed by atoms with E-state index in [1.807, 2.05) is 39.8 Å². The third-order valence-electron chi connectivity index (χ3n) is 6.21. The lowest BCUT2D eigenvalue weighted by Crippen LogP contribution is -2.49. The van der Waals surface area contributed by atoms with Crippen molar-refractivity contribution in [3.63, 3.8) is 0 Å². The Balaban J connectivity index is 2.24. The zero-order valence-electron chi connectivity index (χ0n) is 22.8. The Hall–Kier alpha value is -2.29. The van der Waals surface area contributed by atoms with Gasteiger partial charge in [-0.1, -0.05) is 69.1 Å². The first-order chi connectivity index (χ1) is 17.9. The standard InChI is InChI=1S/C28H39Cl2N3O4S/c1-6-21-10-14-24(15-11-21)33(38(5,36)37)16-8-9-27(34)32(19-22-12-13-23(29)17-25(22)30)26(7-2)28(35)31-18-20(3)4/h10-15,17,20,26H,6-9,16,18-19H2,1-5H3,(H,31,35)/t26-/m0/s1. The number of rotatable bonds is 14. The summed E-state index contributed by atoms with van der Waals surface area (Å²) in [5, 5.41) is 3.82. The van der Waals surface area contributed by atoms with Gasteiger partial charge in [-0.05, 0) is 60.6 Å². The molecule has 2 aromatic rings. The van der Waals surface area contributed by atoms with E-state index in [-0.39, 0.29) is 43.7 Å². The average Bonchev–Trinajstić information content (AvgIpc) is 2.85. The molecule has 1 N–H and O–H groups in total. The molecule has 0 aliphatic carbocycles. The Morgan fingerprint density at radius 3 is 2.21 bits per heavy atom. The van der Waals surface area contributed by atoms with Crippen molar-refractivity contribution in [2.45, 2.75) is 66.0 Å². The Morgan fingerprint density at radius 2 is 1.68 bits per heavy atom. The van der Waals surface area contributed by atoms with Gasteiger partial charge in [0.2, 0.25) is 21.8 Å². The Morgan fingerprint density at radius 1 is 1.03 bits per heavy atom. The van der Waals surface area contributed by atoms with Gasteiger partial charge in [0.05, 0.1) is 11.9 Å². The molecule has 210 valence electrons. The smallest absolute Gasteiger partial charge is 0.242 e. The number of anilines is 1. The van der Waals surface area contributed by atoms with E-state index in [1.165, 1.54) is 9.21 Å². The SMILES string of the molecule is CCc1ccc(N(CCCC(=O)N(Cc2ccc(Cl)cc2Cl)[C@@H](CC)C(=O)NCC(C)C)S(C)(=O)=O)cc1. The van der Waals surface area contributed by atoms with Crippen LogP contribution in [-0.4, -0.2) is 50.5 Å². The second-order valence-electron chi connectivity index (χ2n) is 9.78. The molecule has 0 fully saturated rings. The first-order valence-corrected chi connectivity index (χ1v) is 15.6. The van der Waals surface area contributed by atoms with Gasteiger partial charge in [0.1, 0.15) is 6.04 Å². The van der Waals surface area contributed by atoms with E-state index in [4.69, 9.17) is 23.2 Å². The maximum absolute atomic E-state index is 13.5. The molecule has 2 rings (SSSR count). The monoisotopic (exact) mass is 583 g/mol. The third kappa shape index (κ3) is 9.47. The summed E-state index contributed by atoms with van der Waals surface area (Å²) in [6, 6.07) is 11.7. The van der Waals surface area contributed by atoms with Gasteiger partial charge in [0.15, 0.2) is 0 Å². The predicted octanol–water partition coefficient (Wildman–Crippen LogP) is 5.68. The van der Waals surface area contributed by atoms with Crippen molar-refractivity contribution < 1.29 is 18.0 Å². The van der Waals surface area contributed by atoms with E-state index in [1.54, 1.807) is 30.3 Å². The lowest BCUT2D eigenvalue weighted by molar-refractivity contribution is -0.141. The van der Waals surface area contributed by atoms with Crippen molar-refractivity contribution in [2.24, 2.45) is 5.92 Å². The van der Waals surface area contributed by atoms with Gasteiger partial charge in [0, 0.05) is 36.1 Å². The van der Waals surface area contributed by atoms with Gasteiger partial charge in [-0.2, -0.15) is 0 Å². The first-order valence-electron chi connectivity index (χ1n) is 12.9. The zero-order valence-corrected chi connectivity index (χ0v) is 25.2. The molecule has 7 nitrogen and oxygen atoms in total. The summed E-state index contributed by atoms with van der Waals surface area (Å²) < 4.78 is 26.4. The van der Waals surface area contributed by atoms with E-state index in [2.05, 4.69) is 5.32 Å². The van der Waals surface area contributed by atoms with Gasteiger partial charge in [-0.25, -0.2) is 8.42 Å². The third-order valence-corrected chi connectivity index (χ3v) is 7.99. The van der Waals surface area contributed by atoms with Crippen molar-refractivity contribution in [2.75, 3.05) is 23.7 Å². The lowest BCUT2D eigenvalue weighted by Gasteiger charge is -2.31. The second kappa shape index (κ2) is 14.8. The molecule has 2 aromatic carbocycles. The van der Waals surface area contributed by atoms with Crippen LogP contribution in [0.25, 0.3) is 0 Å². The fourth-order valence-electron chi connectivity index (χ4n) is 4.08. The fraction of sp³-hybridized carbons (Fsp3) is 0.500. The molecule has 0 saturated heterocycles. The number of carbonyl (C=O) groups is 2. The number of aryl methyl sites for hydroxylation is 1. The molecule has 0 bridgehead atoms. The van der Waals surface area contributed by atoms with Crippen LogP contribution in [0.1, 0.15) is 58.1 Å². The van der Waals surface area contributed by atoms with Gasteiger partial charge in [-0.3, -0.25) is 13.9 Å². The number of halogens is 2. The first kappa shape index (κ1) is 31.9. The van der Waals surface area contributed by atoms with Crippen LogP contribution >= 0.6 is 23.2 Å². The summed E-state index contributed by atoms with van der Waals surface area (Å²) in [7, 11) is -3.55. The number of nitrogens with zero attached hydrogens (tertiary/aromatic N) is 2. The predicted molar refractivity (Wildman–Crippen MR) is 156 cm³/mol. The quantitative estimate of drug-likeness (QED) is 0.310. The number of amides is 2. The molecule has 0 aliphatic rings. The number of hydrogen-bond acceptors (Lipinski definition) is 4. The molecule has 10 heteroatoms. The summed E-state index contributed by atoms with van der Waals surface area (Å²) in [5.74, 6) is -0.217. The molecule has 1 atom stereocenters. The maximum atomic E-state index is 13.5. The van der Waals surface area contributed by atoms with E-state index in [0.717, 1.165) is 18.2 Å². The Bertz CT molecular complexity index is 1190. The molecule has 0 spiro atoms. The van der Waals surface area contributed by atoms with Crippen LogP contribution in [0.15, 0.2) is 42.5 Å². The number of sulfonamides is 1. The molecule has 38 heavy (non-hydrogen) atoms. The molecule has 0 radical (unpaired) electrons. The highest BCUT2D eigenvalue weighted by Crippen LogP contribution is 2.25. The summed E-state index contributed by atoms with van der Waals surface area (Å²) in [6.45, 7) is 8.67. The highest BCUT2D eigenvalue weighted by atomic mass is 35.5. The number of nitrogens with one attached hydrogen (secondary N) is 1. The van der Waals surface area contributed by atoms with E-state index >= 15 is 0 Å². The van der Waals surface area contributed by atoms with Crippen molar-refractivity contribution >= 4 is 50.7 Å². The minimum atomic E-state index is -3.55. The normalized spacial score (nSPS) is 12.3. The molecule has 0 aromatic heterocycles. The van der Waals surface area contributed by atoms with Crippen LogP contribution < -0.4 is 9.62 Å². The van der Waals surface area contributed by atoms with Crippen molar-refractivity contribution in [1.29, 1.82) is 0 Å². The molecule has 0 heterocycles. The van der Waals surface area contributed by atoms with E-state index < -0.39 is 16.1 Å². The van der Waals surface area contributed by atoms with Crippen LogP contribution in [0.5, 0.6) is 0 Å². The number of carbonyl (C=O) groups excluding carboxylic acids is 2. The zero-order chi connectivity index (χ0) is 28.5. The van der Waals surface area contributed by atoms with Gasteiger partial charge in [-0.15, -0.1) is 0 Å². The summed E-state index contributed by atoms with van der Waals surface area (Å²) >= 11 is 12.4. The molecule has 0 aliphatic heterocycles. The summed E-state index contributed by atoms with van der Waals surface area (Å²) in [6.07, 6.45) is 2.78. The molecule has 0 saturated carbocycles. The van der Waals surface area contributed by atoms with E-state index in [0.29, 0.717) is 34.3 Å². The molecule has 2 amide bonds. The van der Waals surface area contributed by atoms with Crippen molar-refractivity contribution in [3.8, 4) is 0 Å². The largest absolute Gasteiger partial charge is 0.354 e. The lowest BCUT2D eigenvalue weighted by atomic mass is 10.1.